The molecule has 0 radical (unpaired) electrons. The third-order valence-electron chi connectivity index (χ3n) is 3.00. The van der Waals surface area contributed by atoms with Gasteiger partial charge in [-0.15, -0.1) is 0 Å². The van der Waals surface area contributed by atoms with Crippen molar-refractivity contribution in [1.29, 1.82) is 0 Å². The number of carbonyl (C=O) groups excluding carboxylic acids is 1. The van der Waals surface area contributed by atoms with Crippen LogP contribution in [0.2, 0.25) is 0 Å². The third-order valence-corrected chi connectivity index (χ3v) is 3.73. The van der Waals surface area contributed by atoms with Crippen LogP contribution in [0.15, 0.2) is 16.8 Å². The highest BCUT2D eigenvalue weighted by Gasteiger charge is 2.36. The predicted octanol–water partition coefficient (Wildman–Crippen LogP) is 2.19. The quantitative estimate of drug-likeness (QED) is 0.741. The zero-order chi connectivity index (χ0) is 13.6. The standard InChI is InChI=1S/C12H18N2O3S/c1-3-12(4-2,10(15)16)14-11(17)13-7-9-5-6-18-8-9/h5-6,8H,3-4,7H2,1-2H3,(H,15,16)(H2,13,14,17). The summed E-state index contributed by atoms with van der Waals surface area (Å²) >= 11 is 1.55. The second-order valence-electron chi connectivity index (χ2n) is 4.03. The first-order chi connectivity index (χ1) is 8.54. The fraction of sp³-hybridized carbons (Fsp3) is 0.500. The lowest BCUT2D eigenvalue weighted by Gasteiger charge is -2.28. The van der Waals surface area contributed by atoms with Gasteiger partial charge in [0.15, 0.2) is 0 Å². The molecular formula is C12H18N2O3S. The van der Waals surface area contributed by atoms with Crippen LogP contribution in [0.4, 0.5) is 4.79 Å². The number of carbonyl (C=O) groups is 2. The van der Waals surface area contributed by atoms with Crippen LogP contribution in [0.25, 0.3) is 0 Å². The molecule has 0 saturated carbocycles. The van der Waals surface area contributed by atoms with Crippen molar-refractivity contribution in [3.63, 3.8) is 0 Å². The number of nitrogens with one attached hydrogen (secondary N) is 2. The molecule has 18 heavy (non-hydrogen) atoms. The molecule has 1 heterocycles. The van der Waals surface area contributed by atoms with Gasteiger partial charge in [0.1, 0.15) is 5.54 Å². The van der Waals surface area contributed by atoms with Crippen LogP contribution in [0.3, 0.4) is 0 Å². The molecular weight excluding hydrogens is 252 g/mol. The Labute approximate surface area is 110 Å². The van der Waals surface area contributed by atoms with Gasteiger partial charge < -0.3 is 15.7 Å². The van der Waals surface area contributed by atoms with E-state index < -0.39 is 17.5 Å². The number of hydrogen-bond acceptors (Lipinski definition) is 3. The van der Waals surface area contributed by atoms with E-state index in [2.05, 4.69) is 10.6 Å². The third kappa shape index (κ3) is 3.46. The summed E-state index contributed by atoms with van der Waals surface area (Å²) in [5.41, 5.74) is -0.178. The van der Waals surface area contributed by atoms with Crippen LogP contribution in [0.1, 0.15) is 32.3 Å². The molecule has 2 amide bonds. The molecule has 0 aliphatic heterocycles. The normalized spacial score (nSPS) is 11.0. The highest BCUT2D eigenvalue weighted by molar-refractivity contribution is 7.07. The summed E-state index contributed by atoms with van der Waals surface area (Å²) in [5, 5.41) is 18.2. The van der Waals surface area contributed by atoms with Gasteiger partial charge in [-0.05, 0) is 35.2 Å². The van der Waals surface area contributed by atoms with Crippen molar-refractivity contribution in [3.8, 4) is 0 Å². The summed E-state index contributed by atoms with van der Waals surface area (Å²) in [6.45, 7) is 3.89. The monoisotopic (exact) mass is 270 g/mol. The molecule has 0 aromatic carbocycles. The van der Waals surface area contributed by atoms with E-state index >= 15 is 0 Å². The van der Waals surface area contributed by atoms with E-state index in [1.54, 1.807) is 25.2 Å². The summed E-state index contributed by atoms with van der Waals surface area (Å²) < 4.78 is 0. The molecule has 100 valence electrons. The number of hydrogen-bond donors (Lipinski definition) is 3. The van der Waals surface area contributed by atoms with Gasteiger partial charge in [-0.1, -0.05) is 13.8 Å². The molecule has 0 aliphatic carbocycles. The number of aliphatic carboxylic acids is 1. The highest BCUT2D eigenvalue weighted by atomic mass is 32.1. The number of carboxylic acid groups (broad SMARTS) is 1. The molecule has 0 saturated heterocycles. The van der Waals surface area contributed by atoms with Gasteiger partial charge in [-0.3, -0.25) is 0 Å². The summed E-state index contributed by atoms with van der Waals surface area (Å²) in [5.74, 6) is -1.00. The van der Waals surface area contributed by atoms with E-state index in [0.29, 0.717) is 19.4 Å². The Morgan fingerprint density at radius 1 is 1.39 bits per heavy atom. The molecule has 0 unspecified atom stereocenters. The van der Waals surface area contributed by atoms with E-state index in [0.717, 1.165) is 5.56 Å². The minimum atomic E-state index is -1.18. The fourth-order valence-electron chi connectivity index (χ4n) is 1.62. The molecule has 5 nitrogen and oxygen atoms in total. The molecule has 1 aromatic rings. The van der Waals surface area contributed by atoms with Gasteiger partial charge in [0.05, 0.1) is 0 Å². The molecule has 3 N–H and O–H groups in total. The maximum Gasteiger partial charge on any atom is 0.329 e. The SMILES string of the molecule is CCC(CC)(NC(=O)NCc1ccsc1)C(=O)O. The summed E-state index contributed by atoms with van der Waals surface area (Å²) in [4.78, 5) is 22.9. The molecule has 0 fully saturated rings. The first kappa shape index (κ1) is 14.5. The van der Waals surface area contributed by atoms with Crippen LogP contribution in [-0.4, -0.2) is 22.6 Å². The second kappa shape index (κ2) is 6.39. The number of thiophene rings is 1. The van der Waals surface area contributed by atoms with Crippen LogP contribution >= 0.6 is 11.3 Å². The number of amides is 2. The minimum Gasteiger partial charge on any atom is -0.480 e. The van der Waals surface area contributed by atoms with Crippen LogP contribution in [0.5, 0.6) is 0 Å². The van der Waals surface area contributed by atoms with E-state index in [1.165, 1.54) is 0 Å². The summed E-state index contributed by atoms with van der Waals surface area (Å²) in [6.07, 6.45) is 0.704. The molecule has 0 spiro atoms. The van der Waals surface area contributed by atoms with E-state index in [-0.39, 0.29) is 0 Å². The number of carboxylic acids is 1. The van der Waals surface area contributed by atoms with Gasteiger partial charge >= 0.3 is 12.0 Å². The average molecular weight is 270 g/mol. The van der Waals surface area contributed by atoms with Crippen molar-refractivity contribution in [1.82, 2.24) is 10.6 Å². The largest absolute Gasteiger partial charge is 0.480 e. The molecule has 0 atom stereocenters. The van der Waals surface area contributed by atoms with Crippen molar-refractivity contribution in [3.05, 3.63) is 22.4 Å². The maximum absolute atomic E-state index is 11.7. The lowest BCUT2D eigenvalue weighted by atomic mass is 9.93. The van der Waals surface area contributed by atoms with E-state index in [4.69, 9.17) is 0 Å². The summed E-state index contributed by atoms with van der Waals surface area (Å²) in [6, 6.07) is 1.46. The summed E-state index contributed by atoms with van der Waals surface area (Å²) in [7, 11) is 0. The van der Waals surface area contributed by atoms with Gasteiger partial charge in [-0.25, -0.2) is 9.59 Å². The zero-order valence-corrected chi connectivity index (χ0v) is 11.3. The van der Waals surface area contributed by atoms with Crippen molar-refractivity contribution < 1.29 is 14.7 Å². The Morgan fingerprint density at radius 3 is 2.50 bits per heavy atom. The molecule has 0 bridgehead atoms. The Morgan fingerprint density at radius 2 is 2.06 bits per heavy atom. The predicted molar refractivity (Wildman–Crippen MR) is 70.6 cm³/mol. The lowest BCUT2D eigenvalue weighted by molar-refractivity contribution is -0.144. The molecule has 1 aromatic heterocycles. The van der Waals surface area contributed by atoms with Gasteiger partial charge in [-0.2, -0.15) is 11.3 Å². The van der Waals surface area contributed by atoms with Crippen molar-refractivity contribution in [2.75, 3.05) is 0 Å². The minimum absolute atomic E-state index is 0.352. The van der Waals surface area contributed by atoms with Crippen molar-refractivity contribution in [2.45, 2.75) is 38.8 Å². The lowest BCUT2D eigenvalue weighted by Crippen LogP contribution is -2.56. The van der Waals surface area contributed by atoms with E-state index in [9.17, 15) is 14.7 Å². The van der Waals surface area contributed by atoms with Crippen molar-refractivity contribution >= 4 is 23.3 Å². The topological polar surface area (TPSA) is 78.4 Å². The van der Waals surface area contributed by atoms with Crippen LogP contribution < -0.4 is 10.6 Å². The first-order valence-corrected chi connectivity index (χ1v) is 6.79. The zero-order valence-electron chi connectivity index (χ0n) is 10.5. The average Bonchev–Trinajstić information content (AvgIpc) is 2.86. The molecule has 1 rings (SSSR count). The molecule has 0 aliphatic rings. The Bertz CT molecular complexity index is 399. The van der Waals surface area contributed by atoms with Crippen LogP contribution in [0, 0.1) is 0 Å². The number of urea groups is 1. The number of rotatable bonds is 6. The van der Waals surface area contributed by atoms with Crippen molar-refractivity contribution in [2.24, 2.45) is 0 Å². The molecule has 6 heteroatoms. The smallest absolute Gasteiger partial charge is 0.329 e. The van der Waals surface area contributed by atoms with Gasteiger partial charge in [0.2, 0.25) is 0 Å². The fourth-order valence-corrected chi connectivity index (χ4v) is 2.29. The van der Waals surface area contributed by atoms with Crippen LogP contribution in [-0.2, 0) is 11.3 Å². The Balaban J connectivity index is 2.54. The van der Waals surface area contributed by atoms with Gasteiger partial charge in [0, 0.05) is 6.54 Å². The maximum atomic E-state index is 11.7. The van der Waals surface area contributed by atoms with E-state index in [1.807, 2.05) is 16.8 Å². The first-order valence-electron chi connectivity index (χ1n) is 5.84. The highest BCUT2D eigenvalue weighted by Crippen LogP contribution is 2.15. The Kier molecular flexibility index (Phi) is 5.15. The second-order valence-corrected chi connectivity index (χ2v) is 4.81. The van der Waals surface area contributed by atoms with Gasteiger partial charge in [0.25, 0.3) is 0 Å². The Hall–Kier alpha value is -1.56.